The van der Waals surface area contributed by atoms with Gasteiger partial charge in [0.15, 0.2) is 0 Å². The first-order chi connectivity index (χ1) is 12.0. The predicted octanol–water partition coefficient (Wildman–Crippen LogP) is 0.852. The molecular weight excluding hydrogens is 320 g/mol. The van der Waals surface area contributed by atoms with E-state index in [1.54, 1.807) is 11.6 Å². The molecule has 136 valence electrons. The highest BCUT2D eigenvalue weighted by atomic mass is 16.5. The lowest BCUT2D eigenvalue weighted by Crippen LogP contribution is -2.46. The van der Waals surface area contributed by atoms with E-state index >= 15 is 0 Å². The van der Waals surface area contributed by atoms with Crippen molar-refractivity contribution in [3.8, 4) is 0 Å². The average Bonchev–Trinajstić information content (AvgIpc) is 2.60. The third-order valence-corrected chi connectivity index (χ3v) is 4.12. The molecule has 7 heteroatoms. The normalized spacial score (nSPS) is 15.6. The van der Waals surface area contributed by atoms with E-state index in [1.807, 2.05) is 43.3 Å². The highest BCUT2D eigenvalue weighted by Gasteiger charge is 2.21. The smallest absolute Gasteiger partial charge is 0.267 e. The van der Waals surface area contributed by atoms with Crippen LogP contribution >= 0.6 is 0 Å². The van der Waals surface area contributed by atoms with Crippen molar-refractivity contribution in [3.63, 3.8) is 0 Å². The predicted molar refractivity (Wildman–Crippen MR) is 97.3 cm³/mol. The number of hydroxylamine groups is 1. The first-order valence-electron chi connectivity index (χ1n) is 8.40. The maximum Gasteiger partial charge on any atom is 0.267 e. The van der Waals surface area contributed by atoms with Crippen LogP contribution in [0.2, 0.25) is 0 Å². The van der Waals surface area contributed by atoms with Gasteiger partial charge in [-0.15, -0.1) is 0 Å². The largest absolute Gasteiger partial charge is 0.371 e. The number of nitrogens with zero attached hydrogens (tertiary/aromatic N) is 2. The molecule has 0 aromatic heterocycles. The molecule has 0 saturated carbocycles. The van der Waals surface area contributed by atoms with Crippen molar-refractivity contribution in [1.82, 2.24) is 15.7 Å². The van der Waals surface area contributed by atoms with Crippen molar-refractivity contribution in [2.45, 2.75) is 18.9 Å². The van der Waals surface area contributed by atoms with Crippen LogP contribution in [0.25, 0.3) is 6.08 Å². The number of likely N-dealkylation sites (N-methyl/N-ethyl adjacent to an activating group) is 1. The first kappa shape index (κ1) is 19.0. The summed E-state index contributed by atoms with van der Waals surface area (Å²) in [5.74, 6) is -0.501. The Morgan fingerprint density at radius 3 is 2.60 bits per heavy atom. The number of amides is 2. The van der Waals surface area contributed by atoms with Crippen LogP contribution < -0.4 is 15.7 Å². The van der Waals surface area contributed by atoms with Gasteiger partial charge in [-0.05, 0) is 44.6 Å². The van der Waals surface area contributed by atoms with Crippen molar-refractivity contribution in [2.75, 3.05) is 38.6 Å². The number of nitrogens with one attached hydrogen (secondary N) is 2. The van der Waals surface area contributed by atoms with Crippen molar-refractivity contribution >= 4 is 23.6 Å². The van der Waals surface area contributed by atoms with Crippen molar-refractivity contribution in [2.24, 2.45) is 0 Å². The second-order valence-electron chi connectivity index (χ2n) is 6.43. The van der Waals surface area contributed by atoms with E-state index in [4.69, 9.17) is 5.21 Å². The van der Waals surface area contributed by atoms with Gasteiger partial charge in [0, 0.05) is 30.9 Å². The van der Waals surface area contributed by atoms with E-state index in [-0.39, 0.29) is 11.9 Å². The molecule has 1 aromatic rings. The number of hydrogen-bond acceptors (Lipinski definition) is 5. The monoisotopic (exact) mass is 346 g/mol. The van der Waals surface area contributed by atoms with Crippen LogP contribution in [0, 0.1) is 0 Å². The van der Waals surface area contributed by atoms with Crippen molar-refractivity contribution < 1.29 is 14.8 Å². The Bertz CT molecular complexity index is 623. The number of hydrogen-bond donors (Lipinski definition) is 3. The third kappa shape index (κ3) is 5.88. The molecule has 1 saturated heterocycles. The summed E-state index contributed by atoms with van der Waals surface area (Å²) >= 11 is 0. The summed E-state index contributed by atoms with van der Waals surface area (Å²) < 4.78 is 0. The van der Waals surface area contributed by atoms with E-state index in [1.165, 1.54) is 6.08 Å². The van der Waals surface area contributed by atoms with Crippen LogP contribution in [0.15, 0.2) is 30.3 Å². The number of carbonyl (C=O) groups excluding carboxylic acids is 2. The summed E-state index contributed by atoms with van der Waals surface area (Å²) in [6.07, 6.45) is 4.75. The Kier molecular flexibility index (Phi) is 6.97. The fraction of sp³-hybridized carbons (Fsp3) is 0.444. The highest BCUT2D eigenvalue weighted by Crippen LogP contribution is 2.25. The Labute approximate surface area is 148 Å². The van der Waals surface area contributed by atoms with Gasteiger partial charge in [0.05, 0.1) is 6.54 Å². The molecule has 1 aliphatic heterocycles. The second-order valence-corrected chi connectivity index (χ2v) is 6.43. The zero-order chi connectivity index (χ0) is 18.2. The lowest BCUT2D eigenvalue weighted by Gasteiger charge is -2.35. The maximum atomic E-state index is 11.9. The van der Waals surface area contributed by atoms with Crippen molar-refractivity contribution in [1.29, 1.82) is 0 Å². The van der Waals surface area contributed by atoms with Gasteiger partial charge in [-0.3, -0.25) is 14.8 Å². The molecule has 0 unspecified atom stereocenters. The van der Waals surface area contributed by atoms with Gasteiger partial charge in [-0.25, -0.2) is 5.48 Å². The van der Waals surface area contributed by atoms with Crippen LogP contribution in [-0.4, -0.2) is 61.7 Å². The number of anilines is 1. The molecule has 0 bridgehead atoms. The molecule has 1 fully saturated rings. The van der Waals surface area contributed by atoms with Gasteiger partial charge in [0.25, 0.3) is 5.91 Å². The summed E-state index contributed by atoms with van der Waals surface area (Å²) in [5.41, 5.74) is 3.55. The van der Waals surface area contributed by atoms with E-state index in [9.17, 15) is 9.59 Å². The number of benzene rings is 1. The molecule has 1 aliphatic rings. The Morgan fingerprint density at radius 1 is 1.28 bits per heavy atom. The van der Waals surface area contributed by atoms with E-state index in [0.717, 1.165) is 37.2 Å². The van der Waals surface area contributed by atoms with Gasteiger partial charge in [-0.2, -0.15) is 0 Å². The molecule has 0 spiro atoms. The number of para-hydroxylation sites is 1. The summed E-state index contributed by atoms with van der Waals surface area (Å²) in [4.78, 5) is 27.2. The zero-order valence-electron chi connectivity index (χ0n) is 14.7. The molecule has 3 N–H and O–H groups in total. The zero-order valence-corrected chi connectivity index (χ0v) is 14.7. The molecule has 2 amide bonds. The van der Waals surface area contributed by atoms with Crippen LogP contribution in [0.1, 0.15) is 18.4 Å². The van der Waals surface area contributed by atoms with Gasteiger partial charge in [0.1, 0.15) is 0 Å². The summed E-state index contributed by atoms with van der Waals surface area (Å²) in [7, 11) is 3.76. The topological polar surface area (TPSA) is 84.9 Å². The first-order valence-corrected chi connectivity index (χ1v) is 8.40. The minimum Gasteiger partial charge on any atom is -0.371 e. The molecule has 2 rings (SSSR count). The lowest BCUT2D eigenvalue weighted by molar-refractivity contribution is -0.124. The molecule has 25 heavy (non-hydrogen) atoms. The number of carbonyl (C=O) groups is 2. The quantitative estimate of drug-likeness (QED) is 0.404. The Hall–Kier alpha value is -2.38. The SMILES string of the molecule is CN(C)CC(=O)NC1CCN(c2ccccc2C=CC(=O)NO)CC1. The minimum absolute atomic E-state index is 0.0572. The van der Waals surface area contributed by atoms with Gasteiger partial charge in [-0.1, -0.05) is 18.2 Å². The van der Waals surface area contributed by atoms with Crippen LogP contribution in [0.4, 0.5) is 5.69 Å². The fourth-order valence-corrected chi connectivity index (χ4v) is 2.94. The van der Waals surface area contributed by atoms with Crippen LogP contribution in [-0.2, 0) is 9.59 Å². The number of piperidine rings is 1. The van der Waals surface area contributed by atoms with E-state index < -0.39 is 5.91 Å². The fourth-order valence-electron chi connectivity index (χ4n) is 2.94. The summed E-state index contributed by atoms with van der Waals surface area (Å²) in [6, 6.07) is 8.02. The molecule has 1 aromatic carbocycles. The van der Waals surface area contributed by atoms with Crippen LogP contribution in [0.5, 0.6) is 0 Å². The Morgan fingerprint density at radius 2 is 1.96 bits per heavy atom. The molecule has 7 nitrogen and oxygen atoms in total. The summed E-state index contributed by atoms with van der Waals surface area (Å²) in [5, 5.41) is 11.7. The van der Waals surface area contributed by atoms with Crippen molar-refractivity contribution in [3.05, 3.63) is 35.9 Å². The maximum absolute atomic E-state index is 11.9. The minimum atomic E-state index is -0.558. The molecular formula is C18H26N4O3. The van der Waals surface area contributed by atoms with E-state index in [2.05, 4.69) is 10.2 Å². The molecule has 0 radical (unpaired) electrons. The standard InChI is InChI=1S/C18H26N4O3/c1-21(2)13-18(24)19-15-9-11-22(12-10-15)16-6-4-3-5-14(16)7-8-17(23)20-25/h3-8,15,25H,9-13H2,1-2H3,(H,19,24)(H,20,23). The second kappa shape index (κ2) is 9.19. The average molecular weight is 346 g/mol. The van der Waals surface area contributed by atoms with Gasteiger partial charge >= 0.3 is 0 Å². The van der Waals surface area contributed by atoms with Gasteiger partial charge < -0.3 is 15.1 Å². The molecule has 0 atom stereocenters. The summed E-state index contributed by atoms with van der Waals surface area (Å²) in [6.45, 7) is 2.08. The van der Waals surface area contributed by atoms with Gasteiger partial charge in [0.2, 0.25) is 5.91 Å². The number of rotatable bonds is 6. The Balaban J connectivity index is 1.95. The lowest BCUT2D eigenvalue weighted by atomic mass is 10.0. The highest BCUT2D eigenvalue weighted by molar-refractivity contribution is 5.91. The molecule has 0 aliphatic carbocycles. The molecule has 1 heterocycles. The van der Waals surface area contributed by atoms with E-state index in [0.29, 0.717) is 6.54 Å². The van der Waals surface area contributed by atoms with Crippen LogP contribution in [0.3, 0.4) is 0 Å². The third-order valence-electron chi connectivity index (χ3n) is 4.12.